The number of hydrogen-bond donors (Lipinski definition) is 2. The number of fused-ring (bicyclic) bond motifs is 1. The lowest BCUT2D eigenvalue weighted by Crippen LogP contribution is -2.30. The normalized spacial score (nSPS) is 22.9. The Labute approximate surface area is 125 Å². The van der Waals surface area contributed by atoms with Crippen LogP contribution in [0, 0.1) is 5.92 Å². The third-order valence-electron chi connectivity index (χ3n) is 4.40. The molecule has 114 valence electrons. The summed E-state index contributed by atoms with van der Waals surface area (Å²) < 4.78 is 1.88. The van der Waals surface area contributed by atoms with Gasteiger partial charge >= 0.3 is 0 Å². The first kappa shape index (κ1) is 14.3. The fraction of sp³-hybridized carbons (Fsp3) is 0.625. The standard InChI is InChI=1S/C16H24N4O/c1-11(2)13-9-14-16(17-7-8-20(14)19-13)18-10-12-5-3-4-6-15(12)21/h7-9,11-12,15,21H,3-6,10H2,1-2H3,(H,17,18). The predicted molar refractivity (Wildman–Crippen MR) is 83.5 cm³/mol. The summed E-state index contributed by atoms with van der Waals surface area (Å²) in [5, 5.41) is 18.0. The first-order chi connectivity index (χ1) is 10.1. The Morgan fingerprint density at radius 1 is 1.38 bits per heavy atom. The van der Waals surface area contributed by atoms with E-state index in [-0.39, 0.29) is 6.10 Å². The van der Waals surface area contributed by atoms with Gasteiger partial charge < -0.3 is 10.4 Å². The molecule has 0 spiro atoms. The summed E-state index contributed by atoms with van der Waals surface area (Å²) >= 11 is 0. The molecule has 2 heterocycles. The minimum atomic E-state index is -0.179. The van der Waals surface area contributed by atoms with Gasteiger partial charge in [-0.3, -0.25) is 0 Å². The second-order valence-electron chi connectivity index (χ2n) is 6.32. The molecule has 21 heavy (non-hydrogen) atoms. The molecular weight excluding hydrogens is 264 g/mol. The first-order valence-electron chi connectivity index (χ1n) is 7.91. The minimum Gasteiger partial charge on any atom is -0.393 e. The average Bonchev–Trinajstić information content (AvgIpc) is 2.91. The number of nitrogens with one attached hydrogen (secondary N) is 1. The summed E-state index contributed by atoms with van der Waals surface area (Å²) in [6, 6.07) is 2.09. The maximum absolute atomic E-state index is 10.1. The van der Waals surface area contributed by atoms with Crippen LogP contribution in [0.5, 0.6) is 0 Å². The SMILES string of the molecule is CC(C)c1cc2c(NCC3CCCCC3O)nccn2n1. The van der Waals surface area contributed by atoms with Gasteiger partial charge in [-0.25, -0.2) is 9.50 Å². The Morgan fingerprint density at radius 2 is 2.19 bits per heavy atom. The van der Waals surface area contributed by atoms with E-state index < -0.39 is 0 Å². The van der Waals surface area contributed by atoms with Gasteiger partial charge in [-0.2, -0.15) is 5.10 Å². The molecule has 0 aliphatic heterocycles. The van der Waals surface area contributed by atoms with Crippen LogP contribution in [0.25, 0.3) is 5.52 Å². The van der Waals surface area contributed by atoms with E-state index in [0.29, 0.717) is 11.8 Å². The van der Waals surface area contributed by atoms with E-state index in [9.17, 15) is 5.11 Å². The number of hydrogen-bond acceptors (Lipinski definition) is 4. The van der Waals surface area contributed by atoms with Gasteiger partial charge in [-0.05, 0) is 24.8 Å². The molecule has 1 aliphatic carbocycles. The number of aliphatic hydroxyl groups excluding tert-OH is 1. The van der Waals surface area contributed by atoms with Crippen LogP contribution in [0.4, 0.5) is 5.82 Å². The summed E-state index contributed by atoms with van der Waals surface area (Å²) in [7, 11) is 0. The number of anilines is 1. The minimum absolute atomic E-state index is 0.179. The number of aromatic nitrogens is 3. The van der Waals surface area contributed by atoms with Gasteiger partial charge in [-0.1, -0.05) is 26.7 Å². The Balaban J connectivity index is 1.77. The van der Waals surface area contributed by atoms with Gasteiger partial charge in [0, 0.05) is 24.9 Å². The number of nitrogens with zero attached hydrogens (tertiary/aromatic N) is 3. The molecule has 5 nitrogen and oxygen atoms in total. The first-order valence-corrected chi connectivity index (χ1v) is 7.91. The Kier molecular flexibility index (Phi) is 4.10. The third kappa shape index (κ3) is 3.02. The molecule has 2 aromatic heterocycles. The van der Waals surface area contributed by atoms with Crippen molar-refractivity contribution in [3.63, 3.8) is 0 Å². The molecule has 3 rings (SSSR count). The smallest absolute Gasteiger partial charge is 0.152 e. The van der Waals surface area contributed by atoms with Gasteiger partial charge in [0.25, 0.3) is 0 Å². The fourth-order valence-electron chi connectivity index (χ4n) is 3.01. The highest BCUT2D eigenvalue weighted by molar-refractivity contribution is 5.67. The summed E-state index contributed by atoms with van der Waals surface area (Å²) in [5.74, 6) is 1.58. The van der Waals surface area contributed by atoms with E-state index in [1.807, 2.05) is 10.7 Å². The monoisotopic (exact) mass is 288 g/mol. The third-order valence-corrected chi connectivity index (χ3v) is 4.40. The average molecular weight is 288 g/mol. The van der Waals surface area contributed by atoms with E-state index in [0.717, 1.165) is 42.8 Å². The van der Waals surface area contributed by atoms with E-state index in [2.05, 4.69) is 35.3 Å². The summed E-state index contributed by atoms with van der Waals surface area (Å²) in [6.07, 6.45) is 7.84. The van der Waals surface area contributed by atoms with Crippen molar-refractivity contribution in [3.05, 3.63) is 24.2 Å². The number of aliphatic hydroxyl groups is 1. The highest BCUT2D eigenvalue weighted by atomic mass is 16.3. The van der Waals surface area contributed by atoms with Crippen LogP contribution >= 0.6 is 0 Å². The molecule has 1 aliphatic rings. The quantitative estimate of drug-likeness (QED) is 0.908. The van der Waals surface area contributed by atoms with Crippen LogP contribution in [0.3, 0.4) is 0 Å². The van der Waals surface area contributed by atoms with Crippen LogP contribution in [-0.4, -0.2) is 32.4 Å². The number of rotatable bonds is 4. The van der Waals surface area contributed by atoms with Crippen LogP contribution < -0.4 is 5.32 Å². The molecule has 5 heteroatoms. The molecule has 0 aromatic carbocycles. The van der Waals surface area contributed by atoms with E-state index in [1.165, 1.54) is 6.42 Å². The fourth-order valence-corrected chi connectivity index (χ4v) is 3.01. The lowest BCUT2D eigenvalue weighted by molar-refractivity contribution is 0.0763. The maximum atomic E-state index is 10.1. The summed E-state index contributed by atoms with van der Waals surface area (Å²) in [4.78, 5) is 4.44. The lowest BCUT2D eigenvalue weighted by atomic mass is 9.86. The Hall–Kier alpha value is -1.62. The molecule has 1 saturated carbocycles. The van der Waals surface area contributed by atoms with Crippen molar-refractivity contribution in [1.29, 1.82) is 0 Å². The highest BCUT2D eigenvalue weighted by Gasteiger charge is 2.23. The van der Waals surface area contributed by atoms with Crippen LogP contribution in [0.15, 0.2) is 18.5 Å². The molecule has 0 amide bonds. The van der Waals surface area contributed by atoms with Crippen molar-refractivity contribution >= 4 is 11.3 Å². The highest BCUT2D eigenvalue weighted by Crippen LogP contribution is 2.25. The molecule has 0 saturated heterocycles. The van der Waals surface area contributed by atoms with Gasteiger partial charge in [0.2, 0.25) is 0 Å². The summed E-state index contributed by atoms with van der Waals surface area (Å²) in [6.45, 7) is 5.05. The largest absolute Gasteiger partial charge is 0.393 e. The second kappa shape index (κ2) is 6.02. The van der Waals surface area contributed by atoms with Gasteiger partial charge in [-0.15, -0.1) is 0 Å². The molecule has 2 N–H and O–H groups in total. The maximum Gasteiger partial charge on any atom is 0.152 e. The van der Waals surface area contributed by atoms with Crippen molar-refractivity contribution in [2.24, 2.45) is 5.92 Å². The molecular formula is C16H24N4O. The zero-order valence-electron chi connectivity index (χ0n) is 12.8. The molecule has 0 radical (unpaired) electrons. The van der Waals surface area contributed by atoms with E-state index >= 15 is 0 Å². The summed E-state index contributed by atoms with van der Waals surface area (Å²) in [5.41, 5.74) is 2.08. The topological polar surface area (TPSA) is 62.5 Å². The van der Waals surface area contributed by atoms with Crippen molar-refractivity contribution in [2.75, 3.05) is 11.9 Å². The Morgan fingerprint density at radius 3 is 2.95 bits per heavy atom. The Bertz CT molecular complexity index is 607. The van der Waals surface area contributed by atoms with Crippen molar-refractivity contribution in [3.8, 4) is 0 Å². The molecule has 2 atom stereocenters. The van der Waals surface area contributed by atoms with Crippen LogP contribution in [0.2, 0.25) is 0 Å². The van der Waals surface area contributed by atoms with Crippen LogP contribution in [-0.2, 0) is 0 Å². The van der Waals surface area contributed by atoms with Gasteiger partial charge in [0.15, 0.2) is 5.82 Å². The molecule has 2 unspecified atom stereocenters. The van der Waals surface area contributed by atoms with Crippen LogP contribution in [0.1, 0.15) is 51.1 Å². The second-order valence-corrected chi connectivity index (χ2v) is 6.32. The molecule has 0 bridgehead atoms. The van der Waals surface area contributed by atoms with E-state index in [1.54, 1.807) is 6.20 Å². The van der Waals surface area contributed by atoms with Crippen molar-refractivity contribution in [2.45, 2.75) is 51.6 Å². The van der Waals surface area contributed by atoms with E-state index in [4.69, 9.17) is 0 Å². The van der Waals surface area contributed by atoms with Gasteiger partial charge in [0.1, 0.15) is 5.52 Å². The van der Waals surface area contributed by atoms with Crippen molar-refractivity contribution in [1.82, 2.24) is 14.6 Å². The molecule has 2 aromatic rings. The van der Waals surface area contributed by atoms with Crippen molar-refractivity contribution < 1.29 is 5.11 Å². The zero-order chi connectivity index (χ0) is 14.8. The van der Waals surface area contributed by atoms with Gasteiger partial charge in [0.05, 0.1) is 11.8 Å². The lowest BCUT2D eigenvalue weighted by Gasteiger charge is -2.27. The zero-order valence-corrected chi connectivity index (χ0v) is 12.8. The predicted octanol–water partition coefficient (Wildman–Crippen LogP) is 2.82. The molecule has 1 fully saturated rings.